The van der Waals surface area contributed by atoms with E-state index in [4.69, 9.17) is 4.74 Å². The molecule has 2 N–H and O–H groups in total. The molecule has 112 valence electrons. The molecule has 0 fully saturated rings. The van der Waals surface area contributed by atoms with Gasteiger partial charge in [-0.3, -0.25) is 4.79 Å². The third-order valence-electron chi connectivity index (χ3n) is 3.32. The number of ether oxygens (including phenoxy) is 1. The minimum absolute atomic E-state index is 0.154. The number of rotatable bonds is 5. The molecule has 0 aliphatic heterocycles. The minimum atomic E-state index is -0.758. The number of amides is 1. The second-order valence-electron chi connectivity index (χ2n) is 4.85. The van der Waals surface area contributed by atoms with Crippen LogP contribution in [0.5, 0.6) is 5.75 Å². The highest BCUT2D eigenvalue weighted by atomic mass is 32.1. The van der Waals surface area contributed by atoms with Crippen molar-refractivity contribution in [3.05, 3.63) is 51.2 Å². The first-order valence-electron chi connectivity index (χ1n) is 6.68. The van der Waals surface area contributed by atoms with E-state index < -0.39 is 6.10 Å². The zero-order valence-electron chi connectivity index (χ0n) is 12.3. The van der Waals surface area contributed by atoms with Crippen LogP contribution < -0.4 is 10.1 Å². The molecule has 2 rings (SSSR count). The largest absolute Gasteiger partial charge is 0.497 e. The van der Waals surface area contributed by atoms with Gasteiger partial charge in [0.15, 0.2) is 0 Å². The predicted molar refractivity (Wildman–Crippen MR) is 84.1 cm³/mol. The third-order valence-corrected chi connectivity index (χ3v) is 4.48. The summed E-state index contributed by atoms with van der Waals surface area (Å²) in [7, 11) is 1.58. The first-order valence-corrected chi connectivity index (χ1v) is 7.50. The summed E-state index contributed by atoms with van der Waals surface area (Å²) in [6.07, 6.45) is -0.758. The van der Waals surface area contributed by atoms with Crippen molar-refractivity contribution in [2.45, 2.75) is 20.0 Å². The van der Waals surface area contributed by atoms with Crippen LogP contribution in [0.2, 0.25) is 0 Å². The van der Waals surface area contributed by atoms with Gasteiger partial charge in [0.25, 0.3) is 5.91 Å². The van der Waals surface area contributed by atoms with Crippen molar-refractivity contribution in [3.8, 4) is 5.75 Å². The van der Waals surface area contributed by atoms with Gasteiger partial charge >= 0.3 is 0 Å². The van der Waals surface area contributed by atoms with Crippen LogP contribution in [0.3, 0.4) is 0 Å². The summed E-state index contributed by atoms with van der Waals surface area (Å²) in [5.41, 5.74) is 1.83. The maximum absolute atomic E-state index is 12.0. The number of aliphatic hydroxyl groups is 1. The maximum atomic E-state index is 12.0. The highest BCUT2D eigenvalue weighted by Crippen LogP contribution is 2.21. The summed E-state index contributed by atoms with van der Waals surface area (Å²) in [4.78, 5) is 13.8. The van der Waals surface area contributed by atoms with Gasteiger partial charge in [-0.25, -0.2) is 0 Å². The Labute approximate surface area is 128 Å². The van der Waals surface area contributed by atoms with Gasteiger partial charge < -0.3 is 15.2 Å². The van der Waals surface area contributed by atoms with Crippen LogP contribution in [-0.4, -0.2) is 24.7 Å². The normalized spacial score (nSPS) is 12.0. The Bertz CT molecular complexity index is 617. The summed E-state index contributed by atoms with van der Waals surface area (Å²) in [5, 5.41) is 12.9. The van der Waals surface area contributed by atoms with Crippen LogP contribution in [0.4, 0.5) is 0 Å². The number of nitrogens with one attached hydrogen (secondary N) is 1. The average molecular weight is 305 g/mol. The Morgan fingerprint density at radius 2 is 2.14 bits per heavy atom. The number of benzene rings is 1. The van der Waals surface area contributed by atoms with E-state index in [0.717, 1.165) is 10.4 Å². The molecule has 0 spiro atoms. The van der Waals surface area contributed by atoms with Gasteiger partial charge in [-0.05, 0) is 43.2 Å². The molecule has 0 saturated carbocycles. The number of hydrogen-bond donors (Lipinski definition) is 2. The molecule has 1 atom stereocenters. The van der Waals surface area contributed by atoms with Gasteiger partial charge in [0.1, 0.15) is 5.75 Å². The van der Waals surface area contributed by atoms with Crippen LogP contribution in [0.15, 0.2) is 30.3 Å². The average Bonchev–Trinajstić information content (AvgIpc) is 2.84. The summed E-state index contributed by atoms with van der Waals surface area (Å²) in [6.45, 7) is 4.14. The summed E-state index contributed by atoms with van der Waals surface area (Å²) in [5.74, 6) is 0.528. The van der Waals surface area contributed by atoms with Crippen LogP contribution in [0, 0.1) is 13.8 Å². The topological polar surface area (TPSA) is 58.6 Å². The molecule has 0 radical (unpaired) electrons. The lowest BCUT2D eigenvalue weighted by molar-refractivity contribution is 0.0920. The number of methoxy groups -OCH3 is 1. The Hall–Kier alpha value is -1.85. The molecular formula is C16H19NO3S. The fourth-order valence-corrected chi connectivity index (χ4v) is 2.88. The van der Waals surface area contributed by atoms with E-state index in [1.807, 2.05) is 32.0 Å². The Balaban J connectivity index is 1.97. The van der Waals surface area contributed by atoms with E-state index in [9.17, 15) is 9.90 Å². The number of thiophene rings is 1. The third kappa shape index (κ3) is 3.83. The van der Waals surface area contributed by atoms with Crippen molar-refractivity contribution < 1.29 is 14.6 Å². The number of carbonyl (C=O) groups excluding carboxylic acids is 1. The standard InChI is InChI=1S/C16H19NO3S/c1-10-7-15(21-11(10)2)16(19)17-9-14(18)12-5-4-6-13(8-12)20-3/h4-8,14,18H,9H2,1-3H3,(H,17,19). The highest BCUT2D eigenvalue weighted by Gasteiger charge is 2.13. The zero-order chi connectivity index (χ0) is 15.4. The first kappa shape index (κ1) is 15.5. The molecule has 2 aromatic rings. The highest BCUT2D eigenvalue weighted by molar-refractivity contribution is 7.14. The molecule has 21 heavy (non-hydrogen) atoms. The van der Waals surface area contributed by atoms with Crippen LogP contribution >= 0.6 is 11.3 Å². The maximum Gasteiger partial charge on any atom is 0.261 e. The molecule has 4 nitrogen and oxygen atoms in total. The van der Waals surface area contributed by atoms with E-state index in [-0.39, 0.29) is 12.5 Å². The van der Waals surface area contributed by atoms with E-state index in [2.05, 4.69) is 5.32 Å². The lowest BCUT2D eigenvalue weighted by atomic mass is 10.1. The summed E-state index contributed by atoms with van der Waals surface area (Å²) in [6, 6.07) is 9.06. The van der Waals surface area contributed by atoms with E-state index in [1.54, 1.807) is 19.2 Å². The van der Waals surface area contributed by atoms with Crippen molar-refractivity contribution in [1.82, 2.24) is 5.32 Å². The van der Waals surface area contributed by atoms with Crippen LogP contribution in [0.1, 0.15) is 31.8 Å². The molecule has 0 aliphatic carbocycles. The number of hydrogen-bond acceptors (Lipinski definition) is 4. The summed E-state index contributed by atoms with van der Waals surface area (Å²) >= 11 is 1.46. The number of aryl methyl sites for hydroxylation is 2. The van der Waals surface area contributed by atoms with Crippen molar-refractivity contribution in [3.63, 3.8) is 0 Å². The fourth-order valence-electron chi connectivity index (χ4n) is 1.93. The molecule has 5 heteroatoms. The van der Waals surface area contributed by atoms with Gasteiger partial charge in [0.05, 0.1) is 18.1 Å². The Morgan fingerprint density at radius 1 is 1.38 bits per heavy atom. The fraction of sp³-hybridized carbons (Fsp3) is 0.312. The molecule has 0 bridgehead atoms. The van der Waals surface area contributed by atoms with Gasteiger partial charge in [-0.2, -0.15) is 0 Å². The lowest BCUT2D eigenvalue weighted by Gasteiger charge is -2.12. The summed E-state index contributed by atoms with van der Waals surface area (Å²) < 4.78 is 5.12. The van der Waals surface area contributed by atoms with Gasteiger partial charge in [-0.1, -0.05) is 12.1 Å². The van der Waals surface area contributed by atoms with Crippen molar-refractivity contribution in [2.75, 3.05) is 13.7 Å². The van der Waals surface area contributed by atoms with E-state index in [1.165, 1.54) is 11.3 Å². The zero-order valence-corrected chi connectivity index (χ0v) is 13.2. The van der Waals surface area contributed by atoms with Gasteiger partial charge in [0.2, 0.25) is 0 Å². The SMILES string of the molecule is COc1cccc(C(O)CNC(=O)c2cc(C)c(C)s2)c1. The molecule has 1 aromatic heterocycles. The molecule has 0 aliphatic rings. The monoisotopic (exact) mass is 305 g/mol. The second-order valence-corrected chi connectivity index (χ2v) is 6.11. The number of aliphatic hydroxyl groups excluding tert-OH is 1. The minimum Gasteiger partial charge on any atom is -0.497 e. The van der Waals surface area contributed by atoms with Crippen molar-refractivity contribution in [2.24, 2.45) is 0 Å². The predicted octanol–water partition coefficient (Wildman–Crippen LogP) is 2.84. The molecule has 1 aromatic carbocycles. The molecular weight excluding hydrogens is 286 g/mol. The van der Waals surface area contributed by atoms with Crippen molar-refractivity contribution in [1.29, 1.82) is 0 Å². The Morgan fingerprint density at radius 3 is 2.76 bits per heavy atom. The smallest absolute Gasteiger partial charge is 0.261 e. The molecule has 1 heterocycles. The molecule has 0 saturated heterocycles. The second kappa shape index (κ2) is 6.74. The Kier molecular flexibility index (Phi) is 4.98. The quantitative estimate of drug-likeness (QED) is 0.893. The van der Waals surface area contributed by atoms with Crippen molar-refractivity contribution >= 4 is 17.2 Å². The lowest BCUT2D eigenvalue weighted by Crippen LogP contribution is -2.27. The van der Waals surface area contributed by atoms with Crippen LogP contribution in [-0.2, 0) is 0 Å². The van der Waals surface area contributed by atoms with E-state index in [0.29, 0.717) is 16.2 Å². The van der Waals surface area contributed by atoms with Gasteiger partial charge in [0, 0.05) is 11.4 Å². The number of carbonyl (C=O) groups is 1. The van der Waals surface area contributed by atoms with Gasteiger partial charge in [-0.15, -0.1) is 11.3 Å². The molecule has 1 amide bonds. The van der Waals surface area contributed by atoms with E-state index >= 15 is 0 Å². The molecule has 1 unspecified atom stereocenters. The van der Waals surface area contributed by atoms with Crippen LogP contribution in [0.25, 0.3) is 0 Å². The first-order chi connectivity index (χ1) is 10.0.